The molecule has 1 aliphatic rings. The normalized spacial score (nSPS) is 14.6. The van der Waals surface area contributed by atoms with Gasteiger partial charge in [-0.05, 0) is 42.3 Å². The summed E-state index contributed by atoms with van der Waals surface area (Å²) in [6.45, 7) is 6.76. The first-order valence-corrected chi connectivity index (χ1v) is 11.2. The number of halogens is 3. The number of amides is 1. The average Bonchev–Trinajstić information content (AvgIpc) is 2.82. The zero-order valence-corrected chi connectivity index (χ0v) is 19.4. The van der Waals surface area contributed by atoms with Crippen molar-refractivity contribution in [2.24, 2.45) is 0 Å². The summed E-state index contributed by atoms with van der Waals surface area (Å²) in [4.78, 5) is 28.7. The molecule has 35 heavy (non-hydrogen) atoms. The Morgan fingerprint density at radius 2 is 1.69 bits per heavy atom. The van der Waals surface area contributed by atoms with Gasteiger partial charge < -0.3 is 15.5 Å². The van der Waals surface area contributed by atoms with Crippen molar-refractivity contribution >= 4 is 29.2 Å². The molecule has 0 spiro atoms. The molecule has 2 N–H and O–H groups in total. The summed E-state index contributed by atoms with van der Waals surface area (Å²) >= 11 is 0. The number of rotatable bonds is 6. The second-order valence-corrected chi connectivity index (χ2v) is 8.35. The Bertz CT molecular complexity index is 1180. The largest absolute Gasteiger partial charge is 0.416 e. The number of carbonyl (C=O) groups is 1. The summed E-state index contributed by atoms with van der Waals surface area (Å²) in [7, 11) is 0. The highest BCUT2D eigenvalue weighted by Crippen LogP contribution is 2.29. The van der Waals surface area contributed by atoms with Crippen LogP contribution in [0, 0.1) is 6.92 Å². The van der Waals surface area contributed by atoms with Crippen molar-refractivity contribution in [3.63, 3.8) is 0 Å². The SMILES string of the molecule is CC(=O)Nc1cccc(Nc2ncnc(N3CCN(Cc4ccc(C(F)(F)F)cc4)CC3)n2)c1C. The average molecular weight is 486 g/mol. The van der Waals surface area contributed by atoms with Crippen molar-refractivity contribution in [1.82, 2.24) is 19.9 Å². The Kier molecular flexibility index (Phi) is 7.15. The molecule has 11 heteroatoms. The molecule has 2 aromatic carbocycles. The zero-order chi connectivity index (χ0) is 25.0. The maximum Gasteiger partial charge on any atom is 0.416 e. The van der Waals surface area contributed by atoms with Crippen LogP contribution in [-0.2, 0) is 17.5 Å². The second kappa shape index (κ2) is 10.3. The van der Waals surface area contributed by atoms with Gasteiger partial charge in [0, 0.05) is 51.0 Å². The maximum absolute atomic E-state index is 12.8. The predicted octanol–water partition coefficient (Wildman–Crippen LogP) is 4.22. The van der Waals surface area contributed by atoms with Crippen molar-refractivity contribution in [2.75, 3.05) is 41.7 Å². The van der Waals surface area contributed by atoms with Crippen LogP contribution in [0.4, 0.5) is 36.4 Å². The summed E-state index contributed by atoms with van der Waals surface area (Å²) in [6, 6.07) is 10.8. The van der Waals surface area contributed by atoms with Crippen LogP contribution in [-0.4, -0.2) is 51.9 Å². The van der Waals surface area contributed by atoms with E-state index in [4.69, 9.17) is 0 Å². The van der Waals surface area contributed by atoms with Crippen LogP contribution >= 0.6 is 0 Å². The number of hydrogen-bond donors (Lipinski definition) is 2. The molecule has 8 nitrogen and oxygen atoms in total. The van der Waals surface area contributed by atoms with E-state index in [-0.39, 0.29) is 5.91 Å². The highest BCUT2D eigenvalue weighted by atomic mass is 19.4. The van der Waals surface area contributed by atoms with Gasteiger partial charge in [0.15, 0.2) is 0 Å². The fraction of sp³-hybridized carbons (Fsp3) is 0.333. The van der Waals surface area contributed by atoms with Crippen molar-refractivity contribution < 1.29 is 18.0 Å². The van der Waals surface area contributed by atoms with Crippen LogP contribution in [0.2, 0.25) is 0 Å². The van der Waals surface area contributed by atoms with Crippen LogP contribution in [0.25, 0.3) is 0 Å². The third-order valence-electron chi connectivity index (χ3n) is 5.79. The molecule has 1 saturated heterocycles. The van der Waals surface area contributed by atoms with E-state index < -0.39 is 11.7 Å². The molecule has 0 atom stereocenters. The van der Waals surface area contributed by atoms with Crippen LogP contribution in [0.1, 0.15) is 23.6 Å². The number of anilines is 4. The highest BCUT2D eigenvalue weighted by Gasteiger charge is 2.30. The number of nitrogens with zero attached hydrogens (tertiary/aromatic N) is 5. The zero-order valence-electron chi connectivity index (χ0n) is 19.4. The summed E-state index contributed by atoms with van der Waals surface area (Å²) < 4.78 is 38.3. The summed E-state index contributed by atoms with van der Waals surface area (Å²) in [5.74, 6) is 0.794. The van der Waals surface area contributed by atoms with Gasteiger partial charge in [-0.2, -0.15) is 18.2 Å². The molecular weight excluding hydrogens is 459 g/mol. The van der Waals surface area contributed by atoms with Gasteiger partial charge in [0.25, 0.3) is 0 Å². The van der Waals surface area contributed by atoms with Gasteiger partial charge in [0.2, 0.25) is 17.8 Å². The van der Waals surface area contributed by atoms with E-state index in [0.717, 1.165) is 42.0 Å². The molecule has 0 saturated carbocycles. The van der Waals surface area contributed by atoms with E-state index in [1.807, 2.05) is 25.1 Å². The van der Waals surface area contributed by atoms with Gasteiger partial charge in [-0.1, -0.05) is 18.2 Å². The third-order valence-corrected chi connectivity index (χ3v) is 5.79. The lowest BCUT2D eigenvalue weighted by molar-refractivity contribution is -0.137. The number of piperazine rings is 1. The van der Waals surface area contributed by atoms with E-state index in [1.165, 1.54) is 25.4 Å². The number of alkyl halides is 3. The minimum Gasteiger partial charge on any atom is -0.338 e. The Hall–Kier alpha value is -3.73. The molecule has 0 aliphatic carbocycles. The molecule has 1 amide bonds. The number of benzene rings is 2. The molecule has 3 aromatic rings. The molecule has 0 unspecified atom stereocenters. The van der Waals surface area contributed by atoms with Gasteiger partial charge in [0.05, 0.1) is 5.56 Å². The van der Waals surface area contributed by atoms with Gasteiger partial charge in [0.1, 0.15) is 6.33 Å². The summed E-state index contributed by atoms with van der Waals surface area (Å²) in [6.07, 6.45) is -2.87. The van der Waals surface area contributed by atoms with Crippen molar-refractivity contribution in [3.05, 3.63) is 65.5 Å². The molecule has 1 aromatic heterocycles. The first kappa shape index (κ1) is 24.4. The van der Waals surface area contributed by atoms with Gasteiger partial charge in [-0.3, -0.25) is 9.69 Å². The second-order valence-electron chi connectivity index (χ2n) is 8.35. The Morgan fingerprint density at radius 3 is 2.34 bits per heavy atom. The van der Waals surface area contributed by atoms with E-state index in [0.29, 0.717) is 37.2 Å². The Labute approximate surface area is 201 Å². The van der Waals surface area contributed by atoms with E-state index in [2.05, 4.69) is 35.4 Å². The summed E-state index contributed by atoms with van der Waals surface area (Å²) in [5.41, 5.74) is 2.55. The first-order valence-electron chi connectivity index (χ1n) is 11.2. The number of carbonyl (C=O) groups excluding carboxylic acids is 1. The molecule has 2 heterocycles. The minimum absolute atomic E-state index is 0.148. The number of aromatic nitrogens is 3. The molecule has 1 fully saturated rings. The predicted molar refractivity (Wildman–Crippen MR) is 128 cm³/mol. The summed E-state index contributed by atoms with van der Waals surface area (Å²) in [5, 5.41) is 5.99. The van der Waals surface area contributed by atoms with Crippen molar-refractivity contribution in [1.29, 1.82) is 0 Å². The lowest BCUT2D eigenvalue weighted by atomic mass is 10.1. The maximum atomic E-state index is 12.8. The highest BCUT2D eigenvalue weighted by molar-refractivity contribution is 5.90. The van der Waals surface area contributed by atoms with Gasteiger partial charge in [-0.15, -0.1) is 0 Å². The third kappa shape index (κ3) is 6.24. The van der Waals surface area contributed by atoms with Crippen LogP contribution in [0.5, 0.6) is 0 Å². The molecule has 184 valence electrons. The van der Waals surface area contributed by atoms with Crippen LogP contribution in [0.15, 0.2) is 48.8 Å². The van der Waals surface area contributed by atoms with Gasteiger partial charge in [-0.25, -0.2) is 9.97 Å². The van der Waals surface area contributed by atoms with Crippen molar-refractivity contribution in [2.45, 2.75) is 26.6 Å². The monoisotopic (exact) mass is 485 g/mol. The van der Waals surface area contributed by atoms with E-state index in [1.54, 1.807) is 0 Å². The van der Waals surface area contributed by atoms with Crippen LogP contribution < -0.4 is 15.5 Å². The topological polar surface area (TPSA) is 86.3 Å². The number of hydrogen-bond acceptors (Lipinski definition) is 7. The Morgan fingerprint density at radius 1 is 1.00 bits per heavy atom. The van der Waals surface area contributed by atoms with E-state index in [9.17, 15) is 18.0 Å². The smallest absolute Gasteiger partial charge is 0.338 e. The lowest BCUT2D eigenvalue weighted by Crippen LogP contribution is -2.46. The quantitative estimate of drug-likeness (QED) is 0.541. The molecule has 0 radical (unpaired) electrons. The van der Waals surface area contributed by atoms with Crippen LogP contribution in [0.3, 0.4) is 0 Å². The molecule has 0 bridgehead atoms. The minimum atomic E-state index is -4.32. The van der Waals surface area contributed by atoms with E-state index >= 15 is 0 Å². The van der Waals surface area contributed by atoms with Gasteiger partial charge >= 0.3 is 6.18 Å². The fourth-order valence-electron chi connectivity index (χ4n) is 3.88. The molecule has 1 aliphatic heterocycles. The lowest BCUT2D eigenvalue weighted by Gasteiger charge is -2.34. The molecule has 4 rings (SSSR count). The van der Waals surface area contributed by atoms with Crippen molar-refractivity contribution in [3.8, 4) is 0 Å². The number of nitrogens with one attached hydrogen (secondary N) is 2. The first-order chi connectivity index (χ1) is 16.7. The fourth-order valence-corrected chi connectivity index (χ4v) is 3.88. The standard InChI is InChI=1S/C24H26F3N7O/c1-16-20(30-17(2)35)4-3-5-21(16)31-22-28-15-29-23(32-22)34-12-10-33(11-13-34)14-18-6-8-19(9-7-18)24(25,26)27/h3-9,15H,10-14H2,1-2H3,(H,30,35)(H,28,29,31,32). The Balaban J connectivity index is 1.36. The molecular formula is C24H26F3N7O.